The topological polar surface area (TPSA) is 78.6 Å². The summed E-state index contributed by atoms with van der Waals surface area (Å²) in [6.07, 6.45) is 4.23. The number of carboxylic acids is 1. The van der Waals surface area contributed by atoms with Gasteiger partial charge in [-0.25, -0.2) is 0 Å². The lowest BCUT2D eigenvalue weighted by atomic mass is 10.4. The second kappa shape index (κ2) is 6.48. The fraction of sp³-hybridized carbons (Fsp3) is 0.333. The zero-order valence-corrected chi connectivity index (χ0v) is 10.1. The van der Waals surface area contributed by atoms with E-state index in [1.165, 1.54) is 9.69 Å². The molecular formula is C12H15N2O4+. The molecule has 0 unspecified atom stereocenters. The van der Waals surface area contributed by atoms with Crippen molar-refractivity contribution in [2.75, 3.05) is 5.01 Å². The van der Waals surface area contributed by atoms with Gasteiger partial charge >= 0.3 is 5.97 Å². The summed E-state index contributed by atoms with van der Waals surface area (Å²) in [5, 5.41) is 8.89. The van der Waals surface area contributed by atoms with Gasteiger partial charge in [-0.2, -0.15) is 0 Å². The first-order valence-corrected chi connectivity index (χ1v) is 5.60. The minimum absolute atomic E-state index is 0.138. The number of carbonyl (C=O) groups is 3. The lowest BCUT2D eigenvalue weighted by molar-refractivity contribution is -0.673. The van der Waals surface area contributed by atoms with Crippen molar-refractivity contribution in [3.05, 3.63) is 30.6 Å². The van der Waals surface area contributed by atoms with Crippen LogP contribution < -0.4 is 9.69 Å². The van der Waals surface area contributed by atoms with E-state index in [1.54, 1.807) is 31.5 Å². The van der Waals surface area contributed by atoms with E-state index in [9.17, 15) is 14.4 Å². The summed E-state index contributed by atoms with van der Waals surface area (Å²) >= 11 is 0. The van der Waals surface area contributed by atoms with Gasteiger partial charge in [0.25, 0.3) is 11.8 Å². The van der Waals surface area contributed by atoms with E-state index in [2.05, 4.69) is 0 Å². The van der Waals surface area contributed by atoms with Crippen LogP contribution in [0.5, 0.6) is 0 Å². The van der Waals surface area contributed by atoms with Crippen molar-refractivity contribution in [1.29, 1.82) is 0 Å². The largest absolute Gasteiger partial charge is 0.481 e. The Hall–Kier alpha value is -2.24. The Labute approximate surface area is 104 Å². The third kappa shape index (κ3) is 3.65. The van der Waals surface area contributed by atoms with Crippen LogP contribution in [0, 0.1) is 0 Å². The SMILES string of the molecule is CCC(=O)O.O=C1CCC(=O)N1[n+]1ccccc1. The summed E-state index contributed by atoms with van der Waals surface area (Å²) in [6, 6.07) is 5.39. The van der Waals surface area contributed by atoms with Crippen LogP contribution in [0.25, 0.3) is 0 Å². The molecule has 2 heterocycles. The number of carbonyl (C=O) groups excluding carboxylic acids is 2. The molecule has 0 saturated carbocycles. The highest BCUT2D eigenvalue weighted by atomic mass is 16.4. The van der Waals surface area contributed by atoms with Crippen molar-refractivity contribution in [2.45, 2.75) is 26.2 Å². The maximum Gasteiger partial charge on any atom is 0.303 e. The van der Waals surface area contributed by atoms with Gasteiger partial charge in [-0.3, -0.25) is 14.4 Å². The van der Waals surface area contributed by atoms with E-state index in [0.29, 0.717) is 12.8 Å². The zero-order chi connectivity index (χ0) is 13.5. The van der Waals surface area contributed by atoms with Gasteiger partial charge in [0.1, 0.15) is 0 Å². The van der Waals surface area contributed by atoms with Gasteiger partial charge in [0.15, 0.2) is 0 Å². The molecule has 1 aliphatic heterocycles. The van der Waals surface area contributed by atoms with Crippen molar-refractivity contribution < 1.29 is 24.2 Å². The highest BCUT2D eigenvalue weighted by molar-refractivity contribution is 6.12. The summed E-state index contributed by atoms with van der Waals surface area (Å²) in [7, 11) is 0. The Balaban J connectivity index is 0.000000280. The van der Waals surface area contributed by atoms with E-state index < -0.39 is 5.97 Å². The van der Waals surface area contributed by atoms with Crippen LogP contribution in [-0.2, 0) is 14.4 Å². The number of pyridine rings is 1. The number of aromatic nitrogens is 1. The van der Waals surface area contributed by atoms with E-state index >= 15 is 0 Å². The molecule has 18 heavy (non-hydrogen) atoms. The van der Waals surface area contributed by atoms with Crippen molar-refractivity contribution >= 4 is 17.8 Å². The summed E-state index contributed by atoms with van der Waals surface area (Å²) < 4.78 is 1.51. The molecule has 0 spiro atoms. The van der Waals surface area contributed by atoms with Gasteiger partial charge in [-0.05, 0) is 5.01 Å². The van der Waals surface area contributed by atoms with Gasteiger partial charge in [0, 0.05) is 31.4 Å². The number of hydrogen-bond acceptors (Lipinski definition) is 3. The first-order chi connectivity index (χ1) is 8.56. The highest BCUT2D eigenvalue weighted by Crippen LogP contribution is 2.05. The van der Waals surface area contributed by atoms with E-state index in [4.69, 9.17) is 5.11 Å². The number of nitrogens with zero attached hydrogens (tertiary/aromatic N) is 2. The van der Waals surface area contributed by atoms with Crippen LogP contribution in [0.4, 0.5) is 0 Å². The van der Waals surface area contributed by atoms with Crippen LogP contribution in [0.3, 0.4) is 0 Å². The second-order valence-corrected chi connectivity index (χ2v) is 3.60. The minimum atomic E-state index is -0.745. The Morgan fingerprint density at radius 2 is 1.67 bits per heavy atom. The molecule has 1 N–H and O–H groups in total. The molecule has 1 aromatic heterocycles. The van der Waals surface area contributed by atoms with Crippen molar-refractivity contribution in [3.8, 4) is 0 Å². The Bertz CT molecular complexity index is 429. The third-order valence-electron chi connectivity index (χ3n) is 2.26. The molecule has 1 fully saturated rings. The zero-order valence-electron chi connectivity index (χ0n) is 10.1. The summed E-state index contributed by atoms with van der Waals surface area (Å²) in [4.78, 5) is 31.9. The molecule has 0 atom stereocenters. The van der Waals surface area contributed by atoms with Gasteiger partial charge in [-0.15, -0.1) is 0 Å². The summed E-state index contributed by atoms with van der Waals surface area (Å²) in [5.74, 6) is -1.02. The third-order valence-corrected chi connectivity index (χ3v) is 2.26. The molecule has 6 heteroatoms. The first kappa shape index (κ1) is 13.8. The molecule has 1 saturated heterocycles. The number of imide groups is 1. The Kier molecular flexibility index (Phi) is 4.98. The normalized spacial score (nSPS) is 14.2. The fourth-order valence-electron chi connectivity index (χ4n) is 1.35. The Morgan fingerprint density at radius 3 is 2.06 bits per heavy atom. The average molecular weight is 251 g/mol. The van der Waals surface area contributed by atoms with Crippen molar-refractivity contribution in [2.24, 2.45) is 0 Å². The molecule has 2 rings (SSSR count). The predicted octanol–water partition coefficient (Wildman–Crippen LogP) is 0.240. The Morgan fingerprint density at radius 1 is 1.22 bits per heavy atom. The molecule has 1 aromatic rings. The smallest absolute Gasteiger partial charge is 0.303 e. The van der Waals surface area contributed by atoms with E-state index in [-0.39, 0.29) is 18.2 Å². The molecule has 1 aliphatic rings. The molecule has 96 valence electrons. The molecule has 0 aromatic carbocycles. The molecule has 6 nitrogen and oxygen atoms in total. The monoisotopic (exact) mass is 251 g/mol. The summed E-state index contributed by atoms with van der Waals surface area (Å²) in [6.45, 7) is 1.60. The van der Waals surface area contributed by atoms with Gasteiger partial charge in [0.2, 0.25) is 12.4 Å². The van der Waals surface area contributed by atoms with E-state index in [1.807, 2.05) is 6.07 Å². The van der Waals surface area contributed by atoms with Gasteiger partial charge in [0.05, 0.1) is 0 Å². The minimum Gasteiger partial charge on any atom is -0.481 e. The first-order valence-electron chi connectivity index (χ1n) is 5.60. The number of aliphatic carboxylic acids is 1. The lowest BCUT2D eigenvalue weighted by Gasteiger charge is -2.04. The summed E-state index contributed by atoms with van der Waals surface area (Å²) in [5.41, 5.74) is 0. The van der Waals surface area contributed by atoms with Crippen molar-refractivity contribution in [1.82, 2.24) is 0 Å². The fourth-order valence-corrected chi connectivity index (χ4v) is 1.35. The number of carboxylic acid groups (broad SMARTS) is 1. The average Bonchev–Trinajstić information content (AvgIpc) is 2.71. The number of rotatable bonds is 2. The molecule has 2 amide bonds. The van der Waals surface area contributed by atoms with Crippen LogP contribution in [0.2, 0.25) is 0 Å². The quantitative estimate of drug-likeness (QED) is 0.603. The van der Waals surface area contributed by atoms with Crippen LogP contribution in [-0.4, -0.2) is 22.9 Å². The van der Waals surface area contributed by atoms with Crippen LogP contribution in [0.1, 0.15) is 26.2 Å². The second-order valence-electron chi connectivity index (χ2n) is 3.60. The molecular weight excluding hydrogens is 236 g/mol. The predicted molar refractivity (Wildman–Crippen MR) is 62.0 cm³/mol. The molecule has 0 aliphatic carbocycles. The van der Waals surface area contributed by atoms with E-state index in [0.717, 1.165) is 0 Å². The van der Waals surface area contributed by atoms with Crippen LogP contribution >= 0.6 is 0 Å². The maximum atomic E-state index is 11.3. The number of amides is 2. The van der Waals surface area contributed by atoms with Gasteiger partial charge < -0.3 is 5.11 Å². The maximum absolute atomic E-state index is 11.3. The molecule has 0 radical (unpaired) electrons. The highest BCUT2D eigenvalue weighted by Gasteiger charge is 2.36. The standard InChI is InChI=1S/C9H9N2O2.C3H6O2/c12-8-4-5-9(13)11(8)10-6-2-1-3-7-10;1-2-3(4)5/h1-3,6-7H,4-5H2;2H2,1H3,(H,4,5)/q+1;. The molecule has 0 bridgehead atoms. The lowest BCUT2D eigenvalue weighted by Crippen LogP contribution is -2.60. The van der Waals surface area contributed by atoms with Gasteiger partial charge in [-0.1, -0.05) is 17.7 Å². The number of hydrogen-bond donors (Lipinski definition) is 1. The van der Waals surface area contributed by atoms with Crippen molar-refractivity contribution in [3.63, 3.8) is 0 Å². The van der Waals surface area contributed by atoms with Crippen LogP contribution in [0.15, 0.2) is 30.6 Å².